The quantitative estimate of drug-likeness (QED) is 0.789. The number of fused-ring (bicyclic) bond motifs is 1. The number of halogens is 1. The number of hydrogen-bond donors (Lipinski definition) is 2. The van der Waals surface area contributed by atoms with Gasteiger partial charge in [-0.25, -0.2) is 4.39 Å². The summed E-state index contributed by atoms with van der Waals surface area (Å²) in [4.78, 5) is 0. The van der Waals surface area contributed by atoms with Gasteiger partial charge in [-0.15, -0.1) is 0 Å². The van der Waals surface area contributed by atoms with Crippen molar-refractivity contribution in [2.24, 2.45) is 0 Å². The van der Waals surface area contributed by atoms with E-state index in [2.05, 4.69) is 17.4 Å². The fourth-order valence-corrected chi connectivity index (χ4v) is 2.50. The van der Waals surface area contributed by atoms with E-state index in [1.165, 1.54) is 23.3 Å². The third-order valence-corrected chi connectivity index (χ3v) is 3.42. The molecule has 0 fully saturated rings. The topological polar surface area (TPSA) is 32.3 Å². The van der Waals surface area contributed by atoms with Crippen LogP contribution in [-0.4, -0.2) is 5.11 Å². The molecule has 2 N–H and O–H groups in total. The van der Waals surface area contributed by atoms with Gasteiger partial charge in [-0.05, 0) is 36.1 Å². The van der Waals surface area contributed by atoms with E-state index < -0.39 is 5.82 Å². The minimum Gasteiger partial charge on any atom is -0.505 e. The Balaban J connectivity index is 1.84. The maximum absolute atomic E-state index is 13.3. The number of anilines is 1. The molecule has 0 spiro atoms. The minimum absolute atomic E-state index is 0.227. The lowest BCUT2D eigenvalue weighted by molar-refractivity contribution is 0.432. The summed E-state index contributed by atoms with van der Waals surface area (Å²) in [5.74, 6) is -0.904. The van der Waals surface area contributed by atoms with Crippen molar-refractivity contribution in [2.75, 3.05) is 5.32 Å². The van der Waals surface area contributed by atoms with E-state index in [4.69, 9.17) is 5.11 Å². The molecule has 18 heavy (non-hydrogen) atoms. The van der Waals surface area contributed by atoms with Gasteiger partial charge in [0.15, 0.2) is 11.6 Å². The van der Waals surface area contributed by atoms with Crippen LogP contribution >= 0.6 is 0 Å². The molecule has 1 unspecified atom stereocenters. The summed E-state index contributed by atoms with van der Waals surface area (Å²) in [6.07, 6.45) is 2.07. The van der Waals surface area contributed by atoms with Gasteiger partial charge in [0.25, 0.3) is 0 Å². The highest BCUT2D eigenvalue weighted by Gasteiger charge is 2.21. The predicted octanol–water partition coefficient (Wildman–Crippen LogP) is 3.63. The molecule has 2 aromatic carbocycles. The maximum Gasteiger partial charge on any atom is 0.166 e. The molecule has 2 aromatic rings. The van der Waals surface area contributed by atoms with Crippen LogP contribution in [0.2, 0.25) is 0 Å². The maximum atomic E-state index is 13.3. The zero-order valence-corrected chi connectivity index (χ0v) is 9.86. The van der Waals surface area contributed by atoms with Crippen LogP contribution in [0, 0.1) is 5.82 Å². The van der Waals surface area contributed by atoms with Crippen LogP contribution in [0.1, 0.15) is 23.6 Å². The van der Waals surface area contributed by atoms with E-state index in [1.807, 2.05) is 12.1 Å². The molecular formula is C15H14FNO. The van der Waals surface area contributed by atoms with Crippen LogP contribution in [-0.2, 0) is 6.42 Å². The van der Waals surface area contributed by atoms with Gasteiger partial charge in [-0.1, -0.05) is 24.3 Å². The summed E-state index contributed by atoms with van der Waals surface area (Å²) in [6, 6.07) is 12.9. The van der Waals surface area contributed by atoms with E-state index in [0.717, 1.165) is 12.8 Å². The second-order valence-corrected chi connectivity index (χ2v) is 4.60. The Morgan fingerprint density at radius 1 is 1.17 bits per heavy atom. The van der Waals surface area contributed by atoms with Gasteiger partial charge in [0.05, 0.1) is 6.04 Å². The highest BCUT2D eigenvalue weighted by molar-refractivity contribution is 5.50. The van der Waals surface area contributed by atoms with Crippen LogP contribution in [0.3, 0.4) is 0 Å². The first-order valence-corrected chi connectivity index (χ1v) is 6.07. The Hall–Kier alpha value is -2.03. The van der Waals surface area contributed by atoms with Gasteiger partial charge >= 0.3 is 0 Å². The van der Waals surface area contributed by atoms with Gasteiger partial charge in [0.2, 0.25) is 0 Å². The first-order chi connectivity index (χ1) is 8.74. The molecule has 0 heterocycles. The average Bonchev–Trinajstić information content (AvgIpc) is 2.78. The Morgan fingerprint density at radius 2 is 2.00 bits per heavy atom. The van der Waals surface area contributed by atoms with Gasteiger partial charge in [-0.2, -0.15) is 0 Å². The zero-order chi connectivity index (χ0) is 12.5. The SMILES string of the molecule is Oc1ccc(NC2CCc3ccccc32)cc1F. The number of aryl methyl sites for hydroxylation is 1. The first-order valence-electron chi connectivity index (χ1n) is 6.07. The molecule has 0 aliphatic heterocycles. The van der Waals surface area contributed by atoms with Crippen molar-refractivity contribution in [2.45, 2.75) is 18.9 Å². The third kappa shape index (κ3) is 1.92. The molecule has 0 radical (unpaired) electrons. The zero-order valence-electron chi connectivity index (χ0n) is 9.86. The first kappa shape index (κ1) is 11.1. The average molecular weight is 243 g/mol. The summed E-state index contributed by atoms with van der Waals surface area (Å²) in [5.41, 5.74) is 3.34. The molecular weight excluding hydrogens is 229 g/mol. The highest BCUT2D eigenvalue weighted by atomic mass is 19.1. The second-order valence-electron chi connectivity index (χ2n) is 4.60. The molecule has 1 aliphatic carbocycles. The molecule has 92 valence electrons. The summed E-state index contributed by atoms with van der Waals surface area (Å²) in [6.45, 7) is 0. The van der Waals surface area contributed by atoms with Crippen LogP contribution < -0.4 is 5.32 Å². The molecule has 3 rings (SSSR count). The van der Waals surface area contributed by atoms with Crippen molar-refractivity contribution < 1.29 is 9.50 Å². The van der Waals surface area contributed by atoms with Crippen LogP contribution in [0.5, 0.6) is 5.75 Å². The van der Waals surface area contributed by atoms with E-state index in [-0.39, 0.29) is 11.8 Å². The van der Waals surface area contributed by atoms with Crippen molar-refractivity contribution in [1.29, 1.82) is 0 Å². The number of hydrogen-bond acceptors (Lipinski definition) is 2. The third-order valence-electron chi connectivity index (χ3n) is 3.42. The lowest BCUT2D eigenvalue weighted by Crippen LogP contribution is -2.07. The van der Waals surface area contributed by atoms with Crippen LogP contribution in [0.25, 0.3) is 0 Å². The van der Waals surface area contributed by atoms with Gasteiger partial charge in [0, 0.05) is 11.8 Å². The van der Waals surface area contributed by atoms with E-state index >= 15 is 0 Å². The summed E-state index contributed by atoms with van der Waals surface area (Å²) in [5, 5.41) is 12.5. The number of benzene rings is 2. The van der Waals surface area contributed by atoms with Gasteiger partial charge in [0.1, 0.15) is 0 Å². The standard InChI is InChI=1S/C15H14FNO/c16-13-9-11(6-8-15(13)18)17-14-7-5-10-3-1-2-4-12(10)14/h1-4,6,8-9,14,17-18H,5,7H2. The fourth-order valence-electron chi connectivity index (χ4n) is 2.50. The lowest BCUT2D eigenvalue weighted by Gasteiger charge is -2.15. The van der Waals surface area contributed by atoms with Gasteiger partial charge < -0.3 is 10.4 Å². The largest absolute Gasteiger partial charge is 0.505 e. The fraction of sp³-hybridized carbons (Fsp3) is 0.200. The number of phenols is 1. The summed E-state index contributed by atoms with van der Waals surface area (Å²) in [7, 11) is 0. The predicted molar refractivity (Wildman–Crippen MR) is 69.2 cm³/mol. The molecule has 0 bridgehead atoms. The van der Waals surface area contributed by atoms with Gasteiger partial charge in [-0.3, -0.25) is 0 Å². The summed E-state index contributed by atoms with van der Waals surface area (Å²) < 4.78 is 13.3. The Morgan fingerprint density at radius 3 is 2.83 bits per heavy atom. The number of rotatable bonds is 2. The van der Waals surface area contributed by atoms with Crippen LogP contribution in [0.15, 0.2) is 42.5 Å². The Bertz CT molecular complexity index is 582. The molecule has 0 saturated heterocycles. The second kappa shape index (κ2) is 4.33. The molecule has 0 aromatic heterocycles. The van der Waals surface area contributed by atoms with Crippen molar-refractivity contribution in [3.8, 4) is 5.75 Å². The number of phenolic OH excluding ortho intramolecular Hbond substituents is 1. The monoisotopic (exact) mass is 243 g/mol. The summed E-state index contributed by atoms with van der Waals surface area (Å²) >= 11 is 0. The Labute approximate surface area is 105 Å². The van der Waals surface area contributed by atoms with E-state index in [9.17, 15) is 4.39 Å². The minimum atomic E-state index is -0.591. The number of nitrogens with one attached hydrogen (secondary N) is 1. The van der Waals surface area contributed by atoms with Crippen molar-refractivity contribution >= 4 is 5.69 Å². The smallest absolute Gasteiger partial charge is 0.166 e. The number of aromatic hydroxyl groups is 1. The van der Waals surface area contributed by atoms with Crippen molar-refractivity contribution in [3.05, 3.63) is 59.4 Å². The molecule has 0 amide bonds. The highest BCUT2D eigenvalue weighted by Crippen LogP contribution is 2.34. The van der Waals surface area contributed by atoms with Crippen molar-refractivity contribution in [3.63, 3.8) is 0 Å². The van der Waals surface area contributed by atoms with Crippen molar-refractivity contribution in [1.82, 2.24) is 0 Å². The van der Waals surface area contributed by atoms with E-state index in [0.29, 0.717) is 5.69 Å². The molecule has 2 nitrogen and oxygen atoms in total. The molecule has 0 saturated carbocycles. The van der Waals surface area contributed by atoms with E-state index in [1.54, 1.807) is 6.07 Å². The molecule has 1 aliphatic rings. The van der Waals surface area contributed by atoms with Crippen LogP contribution in [0.4, 0.5) is 10.1 Å². The molecule has 3 heteroatoms. The normalized spacial score (nSPS) is 17.5. The Kier molecular flexibility index (Phi) is 2.67. The lowest BCUT2D eigenvalue weighted by atomic mass is 10.1. The molecule has 1 atom stereocenters.